The van der Waals surface area contributed by atoms with Gasteiger partial charge in [0.15, 0.2) is 0 Å². The van der Waals surface area contributed by atoms with Crippen molar-refractivity contribution < 1.29 is 4.79 Å². The average Bonchev–Trinajstić information content (AvgIpc) is 2.97. The Balaban J connectivity index is 1.90. The fraction of sp³-hybridized carbons (Fsp3) is 0.0667. The standard InChI is InChI=1S/C15H13N3OS/c16-14-8-12(11-5-1-2-6-13(11)18-14)15(19)17-9-10-4-3-7-20-10/h1-8H,9H2,(H2,16,18)(H,17,19). The summed E-state index contributed by atoms with van der Waals surface area (Å²) < 4.78 is 0. The smallest absolute Gasteiger partial charge is 0.252 e. The van der Waals surface area contributed by atoms with Gasteiger partial charge in [-0.25, -0.2) is 4.98 Å². The van der Waals surface area contributed by atoms with Crippen LogP contribution in [-0.2, 0) is 6.54 Å². The summed E-state index contributed by atoms with van der Waals surface area (Å²) in [6.07, 6.45) is 0. The van der Waals surface area contributed by atoms with Crippen molar-refractivity contribution in [1.29, 1.82) is 0 Å². The quantitative estimate of drug-likeness (QED) is 0.776. The Kier molecular flexibility index (Phi) is 3.35. The fourth-order valence-electron chi connectivity index (χ4n) is 2.06. The lowest BCUT2D eigenvalue weighted by molar-refractivity contribution is 0.0953. The van der Waals surface area contributed by atoms with Crippen molar-refractivity contribution in [1.82, 2.24) is 10.3 Å². The largest absolute Gasteiger partial charge is 0.384 e. The normalized spacial score (nSPS) is 10.6. The fourth-order valence-corrected chi connectivity index (χ4v) is 2.70. The molecule has 100 valence electrons. The van der Waals surface area contributed by atoms with Gasteiger partial charge in [0.1, 0.15) is 5.82 Å². The van der Waals surface area contributed by atoms with Crippen molar-refractivity contribution in [3.63, 3.8) is 0 Å². The van der Waals surface area contributed by atoms with E-state index in [0.29, 0.717) is 17.9 Å². The van der Waals surface area contributed by atoms with Crippen LogP contribution >= 0.6 is 11.3 Å². The van der Waals surface area contributed by atoms with Gasteiger partial charge in [0, 0.05) is 10.3 Å². The van der Waals surface area contributed by atoms with E-state index in [1.54, 1.807) is 17.4 Å². The molecule has 2 aromatic heterocycles. The molecule has 0 atom stereocenters. The number of fused-ring (bicyclic) bond motifs is 1. The second-order valence-corrected chi connectivity index (χ2v) is 5.41. The second kappa shape index (κ2) is 5.30. The third-order valence-electron chi connectivity index (χ3n) is 2.98. The number of hydrogen-bond acceptors (Lipinski definition) is 4. The Morgan fingerprint density at radius 2 is 2.10 bits per heavy atom. The molecular weight excluding hydrogens is 270 g/mol. The third kappa shape index (κ3) is 2.48. The van der Waals surface area contributed by atoms with E-state index in [-0.39, 0.29) is 5.91 Å². The van der Waals surface area contributed by atoms with Crippen LogP contribution in [0.25, 0.3) is 10.9 Å². The molecule has 5 heteroatoms. The number of nitrogen functional groups attached to an aromatic ring is 1. The Morgan fingerprint density at radius 3 is 2.90 bits per heavy atom. The lowest BCUT2D eigenvalue weighted by Crippen LogP contribution is -2.22. The minimum Gasteiger partial charge on any atom is -0.384 e. The van der Waals surface area contributed by atoms with Gasteiger partial charge < -0.3 is 11.1 Å². The maximum absolute atomic E-state index is 12.3. The van der Waals surface area contributed by atoms with Crippen LogP contribution in [0.15, 0.2) is 47.8 Å². The zero-order valence-corrected chi connectivity index (χ0v) is 11.5. The van der Waals surface area contributed by atoms with E-state index in [0.717, 1.165) is 15.8 Å². The van der Waals surface area contributed by atoms with Gasteiger partial charge in [-0.2, -0.15) is 0 Å². The maximum atomic E-state index is 12.3. The zero-order chi connectivity index (χ0) is 13.9. The number of carbonyl (C=O) groups is 1. The third-order valence-corrected chi connectivity index (χ3v) is 3.86. The summed E-state index contributed by atoms with van der Waals surface area (Å²) in [7, 11) is 0. The molecular formula is C15H13N3OS. The Labute approximate surface area is 120 Å². The Morgan fingerprint density at radius 1 is 1.25 bits per heavy atom. The van der Waals surface area contributed by atoms with E-state index in [4.69, 9.17) is 5.73 Å². The Hall–Kier alpha value is -2.40. The van der Waals surface area contributed by atoms with Crippen LogP contribution in [-0.4, -0.2) is 10.9 Å². The summed E-state index contributed by atoms with van der Waals surface area (Å²) in [4.78, 5) is 17.7. The van der Waals surface area contributed by atoms with Crippen molar-refractivity contribution in [3.8, 4) is 0 Å². The van der Waals surface area contributed by atoms with Crippen molar-refractivity contribution in [2.45, 2.75) is 6.54 Å². The van der Waals surface area contributed by atoms with E-state index in [2.05, 4.69) is 10.3 Å². The number of nitrogens with one attached hydrogen (secondary N) is 1. The molecule has 0 saturated heterocycles. The van der Waals surface area contributed by atoms with E-state index in [9.17, 15) is 4.79 Å². The number of amides is 1. The van der Waals surface area contributed by atoms with Gasteiger partial charge in [-0.3, -0.25) is 4.79 Å². The number of pyridine rings is 1. The van der Waals surface area contributed by atoms with Crippen molar-refractivity contribution in [2.24, 2.45) is 0 Å². The molecule has 0 aliphatic rings. The van der Waals surface area contributed by atoms with Gasteiger partial charge in [0.05, 0.1) is 17.6 Å². The number of rotatable bonds is 3. The van der Waals surface area contributed by atoms with E-state index in [1.165, 1.54) is 0 Å². The highest BCUT2D eigenvalue weighted by Gasteiger charge is 2.11. The molecule has 2 heterocycles. The van der Waals surface area contributed by atoms with Crippen LogP contribution in [0.4, 0.5) is 5.82 Å². The van der Waals surface area contributed by atoms with Crippen LogP contribution in [0, 0.1) is 0 Å². The summed E-state index contributed by atoms with van der Waals surface area (Å²) in [5.41, 5.74) is 7.05. The van der Waals surface area contributed by atoms with Crippen LogP contribution in [0.1, 0.15) is 15.2 Å². The Bertz CT molecular complexity index is 753. The molecule has 20 heavy (non-hydrogen) atoms. The highest BCUT2D eigenvalue weighted by Crippen LogP contribution is 2.19. The summed E-state index contributed by atoms with van der Waals surface area (Å²) in [5.74, 6) is 0.216. The number of nitrogens with two attached hydrogens (primary N) is 1. The van der Waals surface area contributed by atoms with E-state index < -0.39 is 0 Å². The molecule has 1 aromatic carbocycles. The highest BCUT2D eigenvalue weighted by atomic mass is 32.1. The molecule has 0 saturated carbocycles. The van der Waals surface area contributed by atoms with Crippen LogP contribution in [0.5, 0.6) is 0 Å². The number of thiophene rings is 1. The number of para-hydroxylation sites is 1. The van der Waals surface area contributed by atoms with Gasteiger partial charge in [-0.1, -0.05) is 24.3 Å². The topological polar surface area (TPSA) is 68.0 Å². The van der Waals surface area contributed by atoms with Gasteiger partial charge in [-0.15, -0.1) is 11.3 Å². The van der Waals surface area contributed by atoms with E-state index in [1.807, 2.05) is 41.8 Å². The first-order valence-electron chi connectivity index (χ1n) is 6.20. The average molecular weight is 283 g/mol. The van der Waals surface area contributed by atoms with Gasteiger partial charge in [0.25, 0.3) is 5.91 Å². The zero-order valence-electron chi connectivity index (χ0n) is 10.7. The highest BCUT2D eigenvalue weighted by molar-refractivity contribution is 7.09. The van der Waals surface area contributed by atoms with Crippen LogP contribution in [0.3, 0.4) is 0 Å². The number of nitrogens with zero attached hydrogens (tertiary/aromatic N) is 1. The molecule has 0 spiro atoms. The minimum absolute atomic E-state index is 0.135. The molecule has 4 nitrogen and oxygen atoms in total. The molecule has 3 aromatic rings. The SMILES string of the molecule is Nc1cc(C(=O)NCc2cccs2)c2ccccc2n1. The molecule has 0 fully saturated rings. The molecule has 3 N–H and O–H groups in total. The lowest BCUT2D eigenvalue weighted by Gasteiger charge is -2.08. The monoisotopic (exact) mass is 283 g/mol. The number of anilines is 1. The number of carbonyl (C=O) groups excluding carboxylic acids is 1. The summed E-state index contributed by atoms with van der Waals surface area (Å²) in [6.45, 7) is 0.521. The first kappa shape index (κ1) is 12.6. The molecule has 3 rings (SSSR count). The molecule has 0 aliphatic heterocycles. The predicted molar refractivity (Wildman–Crippen MR) is 81.6 cm³/mol. The summed E-state index contributed by atoms with van der Waals surface area (Å²) in [5, 5.41) is 5.71. The lowest BCUT2D eigenvalue weighted by atomic mass is 10.1. The molecule has 0 bridgehead atoms. The molecule has 1 amide bonds. The van der Waals surface area contributed by atoms with Gasteiger partial charge >= 0.3 is 0 Å². The minimum atomic E-state index is -0.135. The summed E-state index contributed by atoms with van der Waals surface area (Å²) in [6, 6.07) is 13.1. The van der Waals surface area contributed by atoms with Gasteiger partial charge in [0.2, 0.25) is 0 Å². The maximum Gasteiger partial charge on any atom is 0.252 e. The van der Waals surface area contributed by atoms with Crippen LogP contribution in [0.2, 0.25) is 0 Å². The molecule has 0 unspecified atom stereocenters. The predicted octanol–water partition coefficient (Wildman–Crippen LogP) is 2.81. The van der Waals surface area contributed by atoms with Crippen molar-refractivity contribution >= 4 is 34.0 Å². The molecule has 0 radical (unpaired) electrons. The number of hydrogen-bond donors (Lipinski definition) is 2. The van der Waals surface area contributed by atoms with Gasteiger partial charge in [-0.05, 0) is 23.6 Å². The first-order valence-corrected chi connectivity index (χ1v) is 7.08. The number of benzene rings is 1. The summed E-state index contributed by atoms with van der Waals surface area (Å²) >= 11 is 1.62. The van der Waals surface area contributed by atoms with Crippen LogP contribution < -0.4 is 11.1 Å². The van der Waals surface area contributed by atoms with Crippen molar-refractivity contribution in [2.75, 3.05) is 5.73 Å². The van der Waals surface area contributed by atoms with Crippen molar-refractivity contribution in [3.05, 3.63) is 58.3 Å². The first-order chi connectivity index (χ1) is 9.74. The van der Waals surface area contributed by atoms with E-state index >= 15 is 0 Å². The number of aromatic nitrogens is 1. The second-order valence-electron chi connectivity index (χ2n) is 4.37. The molecule has 0 aliphatic carbocycles.